The summed E-state index contributed by atoms with van der Waals surface area (Å²) in [6.07, 6.45) is 3.53. The summed E-state index contributed by atoms with van der Waals surface area (Å²) >= 11 is 0. The maximum absolute atomic E-state index is 12.0. The number of carbonyl (C=O) groups is 1. The van der Waals surface area contributed by atoms with Gasteiger partial charge in [-0.05, 0) is 29.7 Å². The number of hydrogen-bond acceptors (Lipinski definition) is 3. The maximum atomic E-state index is 12.0. The van der Waals surface area contributed by atoms with E-state index in [0.29, 0.717) is 0 Å². The molecule has 0 aliphatic heterocycles. The minimum Gasteiger partial charge on any atom is -0.336 e. The number of nitrogens with one attached hydrogen (secondary N) is 1. The molecular formula is C16H15N3O. The summed E-state index contributed by atoms with van der Waals surface area (Å²) in [5.74, 6) is -0.187. The van der Waals surface area contributed by atoms with Crippen LogP contribution in [0.5, 0.6) is 0 Å². The summed E-state index contributed by atoms with van der Waals surface area (Å²) < 4.78 is 0. The van der Waals surface area contributed by atoms with Gasteiger partial charge in [-0.15, -0.1) is 0 Å². The Balaban J connectivity index is 2.06. The Morgan fingerprint density at radius 1 is 1.35 bits per heavy atom. The van der Waals surface area contributed by atoms with Crippen molar-refractivity contribution in [1.82, 2.24) is 10.3 Å². The molecule has 0 saturated heterocycles. The number of aryl methyl sites for hydroxylation is 1. The van der Waals surface area contributed by atoms with Crippen molar-refractivity contribution in [1.29, 1.82) is 5.26 Å². The van der Waals surface area contributed by atoms with Crippen molar-refractivity contribution in [2.75, 3.05) is 0 Å². The van der Waals surface area contributed by atoms with E-state index >= 15 is 0 Å². The zero-order valence-corrected chi connectivity index (χ0v) is 11.2. The van der Waals surface area contributed by atoms with Gasteiger partial charge < -0.3 is 5.32 Å². The summed E-state index contributed by atoms with van der Waals surface area (Å²) in [5, 5.41) is 12.0. The fraction of sp³-hybridized carbons (Fsp3) is 0.188. The molecule has 4 heteroatoms. The van der Waals surface area contributed by atoms with Crippen LogP contribution in [0.2, 0.25) is 0 Å². The molecule has 1 heterocycles. The third kappa shape index (κ3) is 3.42. The highest BCUT2D eigenvalue weighted by atomic mass is 16.1. The fourth-order valence-corrected chi connectivity index (χ4v) is 1.99. The van der Waals surface area contributed by atoms with Crippen molar-refractivity contribution in [3.05, 3.63) is 65.5 Å². The summed E-state index contributed by atoms with van der Waals surface area (Å²) in [6, 6.07) is 12.7. The average Bonchev–Trinajstić information content (AvgIpc) is 2.46. The first-order chi connectivity index (χ1) is 9.70. The Morgan fingerprint density at radius 2 is 2.15 bits per heavy atom. The van der Waals surface area contributed by atoms with Crippen molar-refractivity contribution >= 4 is 5.91 Å². The molecule has 4 nitrogen and oxygen atoms in total. The van der Waals surface area contributed by atoms with E-state index in [1.165, 1.54) is 0 Å². The molecule has 1 aromatic heterocycles. The van der Waals surface area contributed by atoms with Gasteiger partial charge in [-0.2, -0.15) is 5.26 Å². The molecule has 100 valence electrons. The second-order valence-corrected chi connectivity index (χ2v) is 4.52. The highest BCUT2D eigenvalue weighted by molar-refractivity contribution is 5.79. The Morgan fingerprint density at radius 3 is 2.80 bits per heavy atom. The third-order valence-corrected chi connectivity index (χ3v) is 3.02. The summed E-state index contributed by atoms with van der Waals surface area (Å²) in [7, 11) is 0. The van der Waals surface area contributed by atoms with Crippen LogP contribution in [0.4, 0.5) is 0 Å². The molecule has 0 saturated carbocycles. The molecule has 0 aliphatic rings. The van der Waals surface area contributed by atoms with Crippen molar-refractivity contribution in [2.24, 2.45) is 0 Å². The van der Waals surface area contributed by atoms with Crippen molar-refractivity contribution in [3.8, 4) is 6.07 Å². The van der Waals surface area contributed by atoms with Crippen LogP contribution in [0.25, 0.3) is 0 Å². The Labute approximate surface area is 118 Å². The van der Waals surface area contributed by atoms with Gasteiger partial charge in [0.05, 0.1) is 12.5 Å². The van der Waals surface area contributed by atoms with Crippen molar-refractivity contribution in [2.45, 2.75) is 19.4 Å². The van der Waals surface area contributed by atoms with E-state index in [2.05, 4.69) is 16.4 Å². The van der Waals surface area contributed by atoms with Gasteiger partial charge in [-0.25, -0.2) is 0 Å². The first kappa shape index (κ1) is 13.8. The number of hydrogen-bond donors (Lipinski definition) is 1. The zero-order chi connectivity index (χ0) is 14.4. The lowest BCUT2D eigenvalue weighted by Crippen LogP contribution is -2.29. The summed E-state index contributed by atoms with van der Waals surface area (Å²) in [4.78, 5) is 15.9. The van der Waals surface area contributed by atoms with E-state index in [-0.39, 0.29) is 12.3 Å². The lowest BCUT2D eigenvalue weighted by atomic mass is 10.0. The molecule has 1 N–H and O–H groups in total. The number of carbonyl (C=O) groups excluding carboxylic acids is 1. The summed E-state index contributed by atoms with van der Waals surface area (Å²) in [5.41, 5.74) is 2.64. The Hall–Kier alpha value is -2.67. The molecule has 0 bridgehead atoms. The molecule has 1 amide bonds. The van der Waals surface area contributed by atoms with Crippen LogP contribution in [0, 0.1) is 18.3 Å². The average molecular weight is 265 g/mol. The first-order valence-electron chi connectivity index (χ1n) is 6.34. The van der Waals surface area contributed by atoms with Gasteiger partial charge in [0.1, 0.15) is 6.04 Å². The van der Waals surface area contributed by atoms with Crippen LogP contribution >= 0.6 is 0 Å². The molecule has 0 spiro atoms. The number of amides is 1. The highest BCUT2D eigenvalue weighted by Gasteiger charge is 2.15. The van der Waals surface area contributed by atoms with E-state index in [1.54, 1.807) is 18.5 Å². The van der Waals surface area contributed by atoms with Gasteiger partial charge in [-0.3, -0.25) is 9.78 Å². The van der Waals surface area contributed by atoms with Gasteiger partial charge in [0.15, 0.2) is 0 Å². The lowest BCUT2D eigenvalue weighted by molar-refractivity contribution is -0.120. The van der Waals surface area contributed by atoms with Crippen LogP contribution < -0.4 is 5.32 Å². The standard InChI is InChI=1S/C16H15N3O/c1-12-5-2-3-7-14(12)15(10-17)19-16(20)9-13-6-4-8-18-11-13/h2-8,11,15H,9H2,1H3,(H,19,20)/t15-/m0/s1. The van der Waals surface area contributed by atoms with Gasteiger partial charge in [0.2, 0.25) is 5.91 Å². The second kappa shape index (κ2) is 6.48. The maximum Gasteiger partial charge on any atom is 0.225 e. The van der Waals surface area contributed by atoms with Gasteiger partial charge >= 0.3 is 0 Å². The number of nitriles is 1. The van der Waals surface area contributed by atoms with Gasteiger partial charge in [0, 0.05) is 12.4 Å². The van der Waals surface area contributed by atoms with Gasteiger partial charge in [-0.1, -0.05) is 30.3 Å². The van der Waals surface area contributed by atoms with Crippen LogP contribution in [-0.2, 0) is 11.2 Å². The molecule has 20 heavy (non-hydrogen) atoms. The SMILES string of the molecule is Cc1ccccc1[C@H](C#N)NC(=O)Cc1cccnc1. The topological polar surface area (TPSA) is 65.8 Å². The number of pyridine rings is 1. The van der Waals surface area contributed by atoms with E-state index in [1.807, 2.05) is 37.3 Å². The van der Waals surface area contributed by atoms with Crippen LogP contribution in [0.3, 0.4) is 0 Å². The van der Waals surface area contributed by atoms with Crippen molar-refractivity contribution in [3.63, 3.8) is 0 Å². The fourth-order valence-electron chi connectivity index (χ4n) is 1.99. The predicted octanol–water partition coefficient (Wildman–Crippen LogP) is 2.31. The molecule has 0 radical (unpaired) electrons. The normalized spacial score (nSPS) is 11.4. The van der Waals surface area contributed by atoms with Crippen LogP contribution in [-0.4, -0.2) is 10.9 Å². The van der Waals surface area contributed by atoms with Crippen molar-refractivity contribution < 1.29 is 4.79 Å². The Bertz CT molecular complexity index is 632. The predicted molar refractivity (Wildman–Crippen MR) is 75.6 cm³/mol. The molecule has 2 rings (SSSR count). The Kier molecular flexibility index (Phi) is 4.46. The quantitative estimate of drug-likeness (QED) is 0.922. The minimum atomic E-state index is -0.625. The summed E-state index contributed by atoms with van der Waals surface area (Å²) in [6.45, 7) is 1.92. The third-order valence-electron chi connectivity index (χ3n) is 3.02. The van der Waals surface area contributed by atoms with E-state index in [9.17, 15) is 10.1 Å². The molecule has 2 aromatic rings. The number of nitrogens with zero attached hydrogens (tertiary/aromatic N) is 2. The molecule has 1 atom stereocenters. The van der Waals surface area contributed by atoms with Gasteiger partial charge in [0.25, 0.3) is 0 Å². The molecule has 1 aromatic carbocycles. The molecular weight excluding hydrogens is 250 g/mol. The molecule has 0 unspecified atom stereocenters. The number of rotatable bonds is 4. The van der Waals surface area contributed by atoms with E-state index < -0.39 is 6.04 Å². The number of aromatic nitrogens is 1. The second-order valence-electron chi connectivity index (χ2n) is 4.52. The zero-order valence-electron chi connectivity index (χ0n) is 11.2. The minimum absolute atomic E-state index is 0.187. The monoisotopic (exact) mass is 265 g/mol. The number of benzene rings is 1. The first-order valence-corrected chi connectivity index (χ1v) is 6.34. The molecule has 0 fully saturated rings. The van der Waals surface area contributed by atoms with Crippen LogP contribution in [0.15, 0.2) is 48.8 Å². The largest absolute Gasteiger partial charge is 0.336 e. The van der Waals surface area contributed by atoms with Crippen LogP contribution in [0.1, 0.15) is 22.7 Å². The molecule has 0 aliphatic carbocycles. The van der Waals surface area contributed by atoms with E-state index in [0.717, 1.165) is 16.7 Å². The smallest absolute Gasteiger partial charge is 0.225 e. The lowest BCUT2D eigenvalue weighted by Gasteiger charge is -2.14. The van der Waals surface area contributed by atoms with E-state index in [4.69, 9.17) is 0 Å². The highest BCUT2D eigenvalue weighted by Crippen LogP contribution is 2.16.